The van der Waals surface area contributed by atoms with E-state index in [1.165, 1.54) is 12.4 Å². The van der Waals surface area contributed by atoms with Gasteiger partial charge in [0.15, 0.2) is 5.84 Å². The smallest absolute Gasteiger partial charge is 0.270 e. The highest BCUT2D eigenvalue weighted by molar-refractivity contribution is 7.09. The number of hydrazone groups is 1. The largest absolute Gasteiger partial charge is 0.347 e. The van der Waals surface area contributed by atoms with E-state index in [2.05, 4.69) is 31.1 Å². The Labute approximate surface area is 226 Å². The van der Waals surface area contributed by atoms with Crippen molar-refractivity contribution in [2.45, 2.75) is 40.3 Å². The highest BCUT2D eigenvalue weighted by Gasteiger charge is 2.16. The van der Waals surface area contributed by atoms with Gasteiger partial charge in [-0.2, -0.15) is 5.10 Å². The monoisotopic (exact) mass is 534 g/mol. The standard InChI is InChI=1S/C25H28N8O2S.C2H6/c1-16-6-4-3-5-7-18(14-36-16)13-28-24(34)21-12-22(30-15-29-21)25(35)31-17(2)19-8-10-20(11-9-19)23(32-26)33-27;1-2/h3-12,14-15,17H,13,26-27H2,1-2H3,(H,28,34)(H,31,35)(H,32,33);1-2H3. The van der Waals surface area contributed by atoms with E-state index in [0.29, 0.717) is 17.9 Å². The molecule has 10 nitrogen and oxygen atoms in total. The Kier molecular flexibility index (Phi) is 12.3. The third-order valence-corrected chi connectivity index (χ3v) is 6.07. The molecule has 1 atom stereocenters. The number of carbonyl (C=O) groups is 2. The summed E-state index contributed by atoms with van der Waals surface area (Å²) in [6.45, 7) is 8.17. The summed E-state index contributed by atoms with van der Waals surface area (Å²) in [6, 6.07) is 18.0. The van der Waals surface area contributed by atoms with Gasteiger partial charge in [0.25, 0.3) is 11.8 Å². The van der Waals surface area contributed by atoms with Crippen LogP contribution in [0.1, 0.15) is 69.4 Å². The van der Waals surface area contributed by atoms with Crippen LogP contribution in [-0.4, -0.2) is 27.6 Å². The first-order valence-electron chi connectivity index (χ1n) is 12.0. The van der Waals surface area contributed by atoms with Crippen LogP contribution in [-0.2, 0) is 6.54 Å². The highest BCUT2D eigenvalue weighted by Crippen LogP contribution is 2.14. The molecule has 3 aromatic rings. The number of benzene rings is 1. The lowest BCUT2D eigenvalue weighted by molar-refractivity contribution is 0.0934. The summed E-state index contributed by atoms with van der Waals surface area (Å²) in [4.78, 5) is 34.6. The van der Waals surface area contributed by atoms with E-state index in [9.17, 15) is 9.59 Å². The summed E-state index contributed by atoms with van der Waals surface area (Å²) in [6.07, 6.45) is 1.20. The Morgan fingerprint density at radius 2 is 1.66 bits per heavy atom. The van der Waals surface area contributed by atoms with Gasteiger partial charge in [0.05, 0.1) is 6.04 Å². The van der Waals surface area contributed by atoms with E-state index in [1.54, 1.807) is 23.5 Å². The maximum atomic E-state index is 12.8. The molecule has 0 radical (unpaired) electrons. The lowest BCUT2D eigenvalue weighted by Gasteiger charge is -2.15. The summed E-state index contributed by atoms with van der Waals surface area (Å²) in [5.74, 6) is 10.2. The van der Waals surface area contributed by atoms with E-state index in [4.69, 9.17) is 11.7 Å². The van der Waals surface area contributed by atoms with Crippen LogP contribution < -0.4 is 27.7 Å². The number of amides is 2. The van der Waals surface area contributed by atoms with Crippen LogP contribution in [0.2, 0.25) is 0 Å². The van der Waals surface area contributed by atoms with Gasteiger partial charge in [-0.05, 0) is 36.4 Å². The zero-order valence-corrected chi connectivity index (χ0v) is 22.8. The van der Waals surface area contributed by atoms with Gasteiger partial charge < -0.3 is 21.9 Å². The van der Waals surface area contributed by atoms with Crippen LogP contribution in [0.4, 0.5) is 0 Å². The number of nitrogens with two attached hydrogens (primary N) is 2. The molecule has 0 fully saturated rings. The number of nitrogens with zero attached hydrogens (tertiary/aromatic N) is 3. The van der Waals surface area contributed by atoms with Crippen molar-refractivity contribution in [2.24, 2.45) is 16.8 Å². The number of rotatable bonds is 7. The second kappa shape index (κ2) is 15.7. The van der Waals surface area contributed by atoms with Gasteiger partial charge in [0, 0.05) is 23.1 Å². The second-order valence-electron chi connectivity index (χ2n) is 7.74. The number of nitrogens with one attached hydrogen (secondary N) is 3. The van der Waals surface area contributed by atoms with Crippen molar-refractivity contribution in [3.05, 3.63) is 105 Å². The van der Waals surface area contributed by atoms with Crippen molar-refractivity contribution in [3.63, 3.8) is 0 Å². The SMILES string of the molecule is CC.Cc1cccccc(CNC(=O)c2cc(C(=O)NC(C)c3ccc(/C(=N/N)NN)cc3)ncn2)cs1. The number of hydrazine groups is 1. The molecule has 0 spiro atoms. The zero-order valence-electron chi connectivity index (χ0n) is 21.9. The Morgan fingerprint density at radius 1 is 1.00 bits per heavy atom. The van der Waals surface area contributed by atoms with E-state index in [1.807, 2.05) is 75.5 Å². The lowest BCUT2D eigenvalue weighted by Crippen LogP contribution is -2.32. The molecule has 1 unspecified atom stereocenters. The maximum absolute atomic E-state index is 12.8. The molecule has 38 heavy (non-hydrogen) atoms. The fourth-order valence-electron chi connectivity index (χ4n) is 3.14. The lowest BCUT2D eigenvalue weighted by atomic mass is 10.1. The predicted molar refractivity (Wildman–Crippen MR) is 152 cm³/mol. The van der Waals surface area contributed by atoms with E-state index in [-0.39, 0.29) is 17.4 Å². The van der Waals surface area contributed by atoms with E-state index < -0.39 is 11.8 Å². The molecule has 7 N–H and O–H groups in total. The molecular formula is C27H34N8O2S. The molecule has 1 aromatic carbocycles. The number of aryl methyl sites for hydroxylation is 1. The van der Waals surface area contributed by atoms with Crippen LogP contribution >= 0.6 is 11.3 Å². The number of hydrogen-bond acceptors (Lipinski definition) is 8. The zero-order chi connectivity index (χ0) is 27.9. The molecule has 3 rings (SSSR count). The molecule has 0 aliphatic carbocycles. The van der Waals surface area contributed by atoms with Crippen LogP contribution in [0, 0.1) is 6.92 Å². The molecule has 11 heteroatoms. The minimum absolute atomic E-state index is 0.0894. The van der Waals surface area contributed by atoms with Crippen LogP contribution in [0.25, 0.3) is 0 Å². The van der Waals surface area contributed by atoms with Gasteiger partial charge in [-0.25, -0.2) is 15.8 Å². The fourth-order valence-corrected chi connectivity index (χ4v) is 3.80. The molecule has 0 aliphatic heterocycles. The molecule has 2 heterocycles. The maximum Gasteiger partial charge on any atom is 0.270 e. The average Bonchev–Trinajstić information content (AvgIpc) is 3.05. The minimum atomic E-state index is -0.428. The predicted octanol–water partition coefficient (Wildman–Crippen LogP) is 3.50. The van der Waals surface area contributed by atoms with E-state index >= 15 is 0 Å². The number of hydrogen-bond donors (Lipinski definition) is 5. The first-order chi connectivity index (χ1) is 18.4. The Morgan fingerprint density at radius 3 is 2.32 bits per heavy atom. The summed E-state index contributed by atoms with van der Waals surface area (Å²) in [5, 5.41) is 11.3. The van der Waals surface area contributed by atoms with Gasteiger partial charge in [-0.15, -0.1) is 11.3 Å². The number of amidine groups is 1. The van der Waals surface area contributed by atoms with Gasteiger partial charge in [0.2, 0.25) is 0 Å². The highest BCUT2D eigenvalue weighted by atomic mass is 32.1. The Bertz CT molecular complexity index is 1290. The average molecular weight is 535 g/mol. The van der Waals surface area contributed by atoms with Crippen molar-refractivity contribution >= 4 is 29.0 Å². The quantitative estimate of drug-likeness (QED) is 0.134. The molecular weight excluding hydrogens is 500 g/mol. The molecule has 200 valence electrons. The van der Waals surface area contributed by atoms with Crippen molar-refractivity contribution in [1.82, 2.24) is 26.0 Å². The van der Waals surface area contributed by atoms with E-state index in [0.717, 1.165) is 16.0 Å². The summed E-state index contributed by atoms with van der Waals surface area (Å²) in [7, 11) is 0. The van der Waals surface area contributed by atoms with Crippen LogP contribution in [0.5, 0.6) is 0 Å². The summed E-state index contributed by atoms with van der Waals surface area (Å²) < 4.78 is 0. The third-order valence-electron chi connectivity index (χ3n) is 5.14. The van der Waals surface area contributed by atoms with Crippen molar-refractivity contribution < 1.29 is 9.59 Å². The summed E-state index contributed by atoms with van der Waals surface area (Å²) >= 11 is 1.58. The van der Waals surface area contributed by atoms with Gasteiger partial charge in [-0.1, -0.05) is 62.4 Å². The first-order valence-corrected chi connectivity index (χ1v) is 12.9. The van der Waals surface area contributed by atoms with Crippen molar-refractivity contribution in [3.8, 4) is 0 Å². The molecule has 0 saturated heterocycles. The molecule has 2 aromatic heterocycles. The fraction of sp³-hybridized carbons (Fsp3) is 0.222. The Balaban J connectivity index is 0.00000247. The van der Waals surface area contributed by atoms with Crippen molar-refractivity contribution in [1.29, 1.82) is 0 Å². The minimum Gasteiger partial charge on any atom is -0.347 e. The van der Waals surface area contributed by atoms with Crippen LogP contribution in [0.15, 0.2) is 77.5 Å². The van der Waals surface area contributed by atoms with Gasteiger partial charge in [-0.3, -0.25) is 9.59 Å². The van der Waals surface area contributed by atoms with Gasteiger partial charge in [0.1, 0.15) is 17.7 Å². The first kappa shape index (κ1) is 29.9. The van der Waals surface area contributed by atoms with Gasteiger partial charge >= 0.3 is 0 Å². The number of aromatic nitrogens is 2. The number of carbonyl (C=O) groups excluding carboxylic acids is 2. The molecule has 0 saturated carbocycles. The normalized spacial score (nSPS) is 11.2. The van der Waals surface area contributed by atoms with Crippen molar-refractivity contribution in [2.75, 3.05) is 0 Å². The third kappa shape index (κ3) is 8.95. The Hall–Kier alpha value is -4.35. The topological polar surface area (TPSA) is 160 Å². The van der Waals surface area contributed by atoms with Crippen LogP contribution in [0.3, 0.4) is 0 Å². The molecule has 0 bridgehead atoms. The molecule has 2 amide bonds. The molecule has 0 aliphatic rings. The summed E-state index contributed by atoms with van der Waals surface area (Å²) in [5.41, 5.74) is 5.10. The second-order valence-corrected chi connectivity index (χ2v) is 8.86.